The molecule has 1 atom stereocenters. The SMILES string of the molecule is C=CC(=O)OCCCC[SiH](CCC)COC. The first-order valence-electron chi connectivity index (χ1n) is 6.02. The fraction of sp³-hybridized carbons (Fsp3) is 0.750. The van der Waals surface area contributed by atoms with Crippen LogP contribution < -0.4 is 0 Å². The lowest BCUT2D eigenvalue weighted by molar-refractivity contribution is -0.137. The summed E-state index contributed by atoms with van der Waals surface area (Å²) in [4.78, 5) is 10.8. The third-order valence-corrected chi connectivity index (χ3v) is 5.94. The van der Waals surface area contributed by atoms with E-state index < -0.39 is 8.80 Å². The predicted octanol–water partition coefficient (Wildman–Crippen LogP) is 2.32. The summed E-state index contributed by atoms with van der Waals surface area (Å²) in [6.45, 7) is 6.09. The van der Waals surface area contributed by atoms with E-state index in [2.05, 4.69) is 13.5 Å². The summed E-state index contributed by atoms with van der Waals surface area (Å²) >= 11 is 0. The summed E-state index contributed by atoms with van der Waals surface area (Å²) in [7, 11) is 1.09. The number of hydrogen-bond donors (Lipinski definition) is 0. The molecule has 0 spiro atoms. The minimum atomic E-state index is -0.691. The maximum Gasteiger partial charge on any atom is 0.330 e. The van der Waals surface area contributed by atoms with E-state index in [-0.39, 0.29) is 5.97 Å². The van der Waals surface area contributed by atoms with Crippen molar-refractivity contribution in [2.75, 3.05) is 19.9 Å². The van der Waals surface area contributed by atoms with E-state index in [0.29, 0.717) is 6.61 Å². The van der Waals surface area contributed by atoms with Crippen LogP contribution in [0.15, 0.2) is 12.7 Å². The summed E-state index contributed by atoms with van der Waals surface area (Å²) < 4.78 is 10.2. The highest BCUT2D eigenvalue weighted by atomic mass is 28.3. The van der Waals surface area contributed by atoms with Crippen LogP contribution in [-0.4, -0.2) is 34.7 Å². The maximum absolute atomic E-state index is 10.8. The summed E-state index contributed by atoms with van der Waals surface area (Å²) in [5.74, 6) is -0.320. The van der Waals surface area contributed by atoms with Crippen LogP contribution in [0.2, 0.25) is 12.1 Å². The normalized spacial score (nSPS) is 12.1. The van der Waals surface area contributed by atoms with Gasteiger partial charge < -0.3 is 9.47 Å². The van der Waals surface area contributed by atoms with Gasteiger partial charge in [-0.05, 0) is 6.42 Å². The van der Waals surface area contributed by atoms with Crippen LogP contribution in [0.3, 0.4) is 0 Å². The van der Waals surface area contributed by atoms with E-state index in [9.17, 15) is 4.79 Å². The molecule has 0 radical (unpaired) electrons. The standard InChI is InChI=1S/C12H24O3Si/c1-4-9-16(11-14-3)10-7-6-8-15-12(13)5-2/h5,16H,2,4,6-11H2,1,3H3. The van der Waals surface area contributed by atoms with Gasteiger partial charge in [0.15, 0.2) is 0 Å². The molecule has 0 saturated heterocycles. The van der Waals surface area contributed by atoms with Gasteiger partial charge in [0.2, 0.25) is 0 Å². The minimum absolute atomic E-state index is 0.320. The first-order chi connectivity index (χ1) is 7.74. The quantitative estimate of drug-likeness (QED) is 0.256. The summed E-state index contributed by atoms with van der Waals surface area (Å²) in [6, 6.07) is 2.63. The van der Waals surface area contributed by atoms with Crippen molar-refractivity contribution in [1.29, 1.82) is 0 Å². The number of rotatable bonds is 10. The molecule has 0 bridgehead atoms. The van der Waals surface area contributed by atoms with Crippen LogP contribution in [0.5, 0.6) is 0 Å². The fourth-order valence-corrected chi connectivity index (χ4v) is 4.50. The molecule has 0 amide bonds. The number of ether oxygens (including phenoxy) is 2. The van der Waals surface area contributed by atoms with E-state index in [0.717, 1.165) is 19.1 Å². The average molecular weight is 244 g/mol. The molecule has 0 aliphatic heterocycles. The third kappa shape index (κ3) is 8.68. The number of hydrogen-bond acceptors (Lipinski definition) is 3. The Morgan fingerprint density at radius 2 is 2.12 bits per heavy atom. The molecule has 0 rings (SSSR count). The van der Waals surface area contributed by atoms with E-state index in [1.54, 1.807) is 7.11 Å². The molecule has 94 valence electrons. The fourth-order valence-electron chi connectivity index (χ4n) is 1.72. The highest BCUT2D eigenvalue weighted by Crippen LogP contribution is 2.08. The molecule has 0 heterocycles. The van der Waals surface area contributed by atoms with Gasteiger partial charge in [-0.3, -0.25) is 0 Å². The molecule has 0 aliphatic rings. The van der Waals surface area contributed by atoms with Crippen LogP contribution in [-0.2, 0) is 14.3 Å². The van der Waals surface area contributed by atoms with Crippen molar-refractivity contribution >= 4 is 14.8 Å². The van der Waals surface area contributed by atoms with E-state index in [1.165, 1.54) is 24.6 Å². The zero-order chi connectivity index (χ0) is 12.2. The van der Waals surface area contributed by atoms with Gasteiger partial charge in [0.1, 0.15) is 0 Å². The number of methoxy groups -OCH3 is 1. The van der Waals surface area contributed by atoms with Gasteiger partial charge in [-0.25, -0.2) is 4.79 Å². The van der Waals surface area contributed by atoms with Gasteiger partial charge in [0.05, 0.1) is 15.4 Å². The first-order valence-corrected chi connectivity index (χ1v) is 8.47. The van der Waals surface area contributed by atoms with E-state index in [1.807, 2.05) is 0 Å². The Morgan fingerprint density at radius 3 is 2.69 bits per heavy atom. The smallest absolute Gasteiger partial charge is 0.330 e. The lowest BCUT2D eigenvalue weighted by atomic mass is 10.4. The molecule has 0 aromatic carbocycles. The number of esters is 1. The third-order valence-electron chi connectivity index (χ3n) is 2.52. The largest absolute Gasteiger partial charge is 0.463 e. The molecule has 0 aromatic heterocycles. The zero-order valence-corrected chi connectivity index (χ0v) is 11.7. The lowest BCUT2D eigenvalue weighted by Gasteiger charge is -2.12. The number of unbranched alkanes of at least 4 members (excludes halogenated alkanes) is 1. The Balaban J connectivity index is 3.46. The van der Waals surface area contributed by atoms with Crippen LogP contribution in [0.1, 0.15) is 26.2 Å². The van der Waals surface area contributed by atoms with Crippen molar-refractivity contribution in [3.8, 4) is 0 Å². The van der Waals surface area contributed by atoms with Crippen LogP contribution >= 0.6 is 0 Å². The van der Waals surface area contributed by atoms with Crippen LogP contribution in [0, 0.1) is 0 Å². The first kappa shape index (κ1) is 15.4. The van der Waals surface area contributed by atoms with Gasteiger partial charge in [0, 0.05) is 19.4 Å². The van der Waals surface area contributed by atoms with Gasteiger partial charge in [-0.15, -0.1) is 0 Å². The molecular weight excluding hydrogens is 220 g/mol. The summed E-state index contributed by atoms with van der Waals surface area (Å²) in [6.07, 6.45) is 5.53. The second-order valence-electron chi connectivity index (χ2n) is 3.98. The van der Waals surface area contributed by atoms with E-state index >= 15 is 0 Å². The second-order valence-corrected chi connectivity index (χ2v) is 7.20. The summed E-state index contributed by atoms with van der Waals surface area (Å²) in [5.41, 5.74) is 0. The molecule has 0 fully saturated rings. The van der Waals surface area contributed by atoms with Crippen molar-refractivity contribution in [2.45, 2.75) is 38.3 Å². The molecule has 3 nitrogen and oxygen atoms in total. The lowest BCUT2D eigenvalue weighted by Crippen LogP contribution is -2.19. The van der Waals surface area contributed by atoms with Gasteiger partial charge in [-0.2, -0.15) is 0 Å². The van der Waals surface area contributed by atoms with Crippen molar-refractivity contribution < 1.29 is 14.3 Å². The Labute approximate surface area is 100 Å². The Kier molecular flexibility index (Phi) is 10.5. The second kappa shape index (κ2) is 10.9. The number of carbonyl (C=O) groups is 1. The molecule has 0 saturated carbocycles. The highest BCUT2D eigenvalue weighted by Gasteiger charge is 2.08. The van der Waals surface area contributed by atoms with Crippen molar-refractivity contribution in [3.05, 3.63) is 12.7 Å². The van der Waals surface area contributed by atoms with Gasteiger partial charge in [-0.1, -0.05) is 38.4 Å². The molecule has 0 aliphatic carbocycles. The molecule has 0 aromatic rings. The van der Waals surface area contributed by atoms with E-state index in [4.69, 9.17) is 9.47 Å². The Bertz CT molecular complexity index is 189. The molecule has 4 heteroatoms. The molecular formula is C12H24O3Si. The Hall–Kier alpha value is -0.613. The van der Waals surface area contributed by atoms with Crippen LogP contribution in [0.25, 0.3) is 0 Å². The summed E-state index contributed by atoms with van der Waals surface area (Å²) in [5, 5.41) is 0. The number of carbonyl (C=O) groups excluding carboxylic acids is 1. The van der Waals surface area contributed by atoms with Crippen LogP contribution in [0.4, 0.5) is 0 Å². The minimum Gasteiger partial charge on any atom is -0.463 e. The topological polar surface area (TPSA) is 35.5 Å². The predicted molar refractivity (Wildman–Crippen MR) is 69.3 cm³/mol. The van der Waals surface area contributed by atoms with Gasteiger partial charge in [0.25, 0.3) is 0 Å². The molecule has 0 N–H and O–H groups in total. The highest BCUT2D eigenvalue weighted by molar-refractivity contribution is 6.58. The maximum atomic E-state index is 10.8. The van der Waals surface area contributed by atoms with Crippen molar-refractivity contribution in [3.63, 3.8) is 0 Å². The molecule has 16 heavy (non-hydrogen) atoms. The molecule has 1 unspecified atom stereocenters. The van der Waals surface area contributed by atoms with Crippen molar-refractivity contribution in [1.82, 2.24) is 0 Å². The monoisotopic (exact) mass is 244 g/mol. The van der Waals surface area contributed by atoms with Crippen molar-refractivity contribution in [2.24, 2.45) is 0 Å². The van der Waals surface area contributed by atoms with Gasteiger partial charge >= 0.3 is 5.97 Å². The zero-order valence-electron chi connectivity index (χ0n) is 10.5. The average Bonchev–Trinajstić information content (AvgIpc) is 2.28. The Morgan fingerprint density at radius 1 is 1.38 bits per heavy atom.